The molecule has 0 aliphatic carbocycles. The summed E-state index contributed by atoms with van der Waals surface area (Å²) in [7, 11) is 3.93. The molecule has 0 saturated carbocycles. The van der Waals surface area contributed by atoms with Crippen LogP contribution in [-0.2, 0) is 4.74 Å². The molecule has 2 rings (SSSR count). The minimum atomic E-state index is 0.206. The van der Waals surface area contributed by atoms with Crippen molar-refractivity contribution < 1.29 is 9.15 Å². The molecule has 0 spiro atoms. The van der Waals surface area contributed by atoms with E-state index < -0.39 is 0 Å². The van der Waals surface area contributed by atoms with Crippen molar-refractivity contribution in [3.63, 3.8) is 0 Å². The fourth-order valence-electron chi connectivity index (χ4n) is 1.52. The van der Waals surface area contributed by atoms with E-state index in [0.717, 1.165) is 24.8 Å². The Hall–Kier alpha value is -1.00. The molecule has 1 aliphatic heterocycles. The van der Waals surface area contributed by atoms with E-state index in [4.69, 9.17) is 9.15 Å². The first-order valence-electron chi connectivity index (χ1n) is 4.85. The summed E-state index contributed by atoms with van der Waals surface area (Å²) in [5.74, 6) is 1.83. The smallest absolute Gasteiger partial charge is 0.195 e. The molecule has 1 fully saturated rings. The second kappa shape index (κ2) is 4.02. The van der Waals surface area contributed by atoms with Gasteiger partial charge in [-0.05, 0) is 6.07 Å². The van der Waals surface area contributed by atoms with Gasteiger partial charge in [0.2, 0.25) is 0 Å². The van der Waals surface area contributed by atoms with E-state index in [0.29, 0.717) is 6.61 Å². The first-order chi connectivity index (χ1) is 6.77. The van der Waals surface area contributed by atoms with Gasteiger partial charge in [-0.2, -0.15) is 0 Å². The van der Waals surface area contributed by atoms with Gasteiger partial charge in [-0.15, -0.1) is 0 Å². The Balaban J connectivity index is 2.07. The first kappa shape index (κ1) is 9.55. The number of rotatable bonds is 2. The third-order valence-corrected chi connectivity index (χ3v) is 2.32. The topological polar surface area (TPSA) is 37.6 Å². The van der Waals surface area contributed by atoms with Crippen molar-refractivity contribution in [2.75, 3.05) is 38.8 Å². The number of hydrogen-bond acceptors (Lipinski definition) is 4. The predicted octanol–water partition coefficient (Wildman–Crippen LogP) is 1.01. The summed E-state index contributed by atoms with van der Waals surface area (Å²) >= 11 is 0. The molecule has 0 amide bonds. The Labute approximate surface area is 83.8 Å². The molecule has 1 N–H and O–H groups in total. The number of ether oxygens (including phenoxy) is 1. The minimum absolute atomic E-state index is 0.206. The zero-order valence-electron chi connectivity index (χ0n) is 8.62. The van der Waals surface area contributed by atoms with Gasteiger partial charge in [0.1, 0.15) is 5.76 Å². The quantitative estimate of drug-likeness (QED) is 0.766. The highest BCUT2D eigenvalue weighted by molar-refractivity contribution is 5.34. The van der Waals surface area contributed by atoms with Crippen LogP contribution in [0.3, 0.4) is 0 Å². The lowest BCUT2D eigenvalue weighted by atomic mass is 10.2. The summed E-state index contributed by atoms with van der Waals surface area (Å²) in [6.45, 7) is 2.38. The number of furan rings is 1. The Morgan fingerprint density at radius 2 is 2.29 bits per heavy atom. The highest BCUT2D eigenvalue weighted by Crippen LogP contribution is 2.22. The van der Waals surface area contributed by atoms with Crippen molar-refractivity contribution in [2.45, 2.75) is 6.04 Å². The van der Waals surface area contributed by atoms with E-state index in [1.807, 2.05) is 31.1 Å². The third-order valence-electron chi connectivity index (χ3n) is 2.32. The fourth-order valence-corrected chi connectivity index (χ4v) is 1.52. The number of morpholine rings is 1. The lowest BCUT2D eigenvalue weighted by Gasteiger charge is -2.21. The van der Waals surface area contributed by atoms with Crippen LogP contribution in [0.4, 0.5) is 5.88 Å². The van der Waals surface area contributed by atoms with E-state index in [9.17, 15) is 0 Å². The zero-order valence-corrected chi connectivity index (χ0v) is 8.62. The van der Waals surface area contributed by atoms with Crippen molar-refractivity contribution in [3.8, 4) is 0 Å². The largest absolute Gasteiger partial charge is 0.444 e. The van der Waals surface area contributed by atoms with Crippen LogP contribution in [-0.4, -0.2) is 33.9 Å². The molecule has 78 valence electrons. The normalized spacial score (nSPS) is 22.3. The van der Waals surface area contributed by atoms with Crippen LogP contribution in [0.1, 0.15) is 11.8 Å². The Morgan fingerprint density at radius 3 is 2.86 bits per heavy atom. The molecule has 0 radical (unpaired) electrons. The highest BCUT2D eigenvalue weighted by Gasteiger charge is 2.18. The Bertz CT molecular complexity index is 290. The third kappa shape index (κ3) is 1.91. The van der Waals surface area contributed by atoms with Crippen molar-refractivity contribution in [3.05, 3.63) is 17.9 Å². The van der Waals surface area contributed by atoms with Crippen LogP contribution in [0.15, 0.2) is 16.5 Å². The van der Waals surface area contributed by atoms with Crippen LogP contribution in [0.25, 0.3) is 0 Å². The molecule has 0 aromatic carbocycles. The zero-order chi connectivity index (χ0) is 9.97. The van der Waals surface area contributed by atoms with Crippen molar-refractivity contribution in [1.29, 1.82) is 0 Å². The van der Waals surface area contributed by atoms with Gasteiger partial charge < -0.3 is 19.4 Å². The maximum absolute atomic E-state index is 5.67. The number of anilines is 1. The van der Waals surface area contributed by atoms with Crippen LogP contribution in [0, 0.1) is 0 Å². The molecule has 1 saturated heterocycles. The predicted molar refractivity (Wildman–Crippen MR) is 54.6 cm³/mol. The summed E-state index contributed by atoms with van der Waals surface area (Å²) in [5.41, 5.74) is 0. The summed E-state index contributed by atoms with van der Waals surface area (Å²) in [6.07, 6.45) is 0. The summed E-state index contributed by atoms with van der Waals surface area (Å²) < 4.78 is 11.0. The SMILES string of the molecule is CN(C)c1ccc(C2COCCN2)o1. The van der Waals surface area contributed by atoms with Crippen molar-refractivity contribution >= 4 is 5.88 Å². The molecule has 1 aliphatic rings. The molecule has 14 heavy (non-hydrogen) atoms. The standard InChI is InChI=1S/C10H16N2O2/c1-12(2)10-4-3-9(14-10)8-7-13-6-5-11-8/h3-4,8,11H,5-7H2,1-2H3. The summed E-state index contributed by atoms with van der Waals surface area (Å²) in [5, 5.41) is 3.35. The maximum Gasteiger partial charge on any atom is 0.195 e. The molecular weight excluding hydrogens is 180 g/mol. The Kier molecular flexibility index (Phi) is 2.74. The van der Waals surface area contributed by atoms with Crippen LogP contribution in [0.5, 0.6) is 0 Å². The van der Waals surface area contributed by atoms with Gasteiger partial charge in [-0.25, -0.2) is 0 Å². The average molecular weight is 196 g/mol. The summed E-state index contributed by atoms with van der Waals surface area (Å²) in [4.78, 5) is 1.95. The second-order valence-electron chi connectivity index (χ2n) is 3.65. The van der Waals surface area contributed by atoms with Crippen LogP contribution >= 0.6 is 0 Å². The van der Waals surface area contributed by atoms with Gasteiger partial charge in [0.05, 0.1) is 19.3 Å². The van der Waals surface area contributed by atoms with Gasteiger partial charge in [0.25, 0.3) is 0 Å². The molecule has 1 aromatic rings. The molecule has 1 atom stereocenters. The van der Waals surface area contributed by atoms with Gasteiger partial charge >= 0.3 is 0 Å². The number of nitrogens with one attached hydrogen (secondary N) is 1. The van der Waals surface area contributed by atoms with Crippen molar-refractivity contribution in [1.82, 2.24) is 5.32 Å². The Morgan fingerprint density at radius 1 is 1.43 bits per heavy atom. The van der Waals surface area contributed by atoms with Gasteiger partial charge in [-0.3, -0.25) is 0 Å². The first-order valence-corrected chi connectivity index (χ1v) is 4.85. The lowest BCUT2D eigenvalue weighted by Crippen LogP contribution is -2.34. The van der Waals surface area contributed by atoms with Crippen molar-refractivity contribution in [2.24, 2.45) is 0 Å². The molecule has 4 heteroatoms. The fraction of sp³-hybridized carbons (Fsp3) is 0.600. The molecule has 1 unspecified atom stereocenters. The van der Waals surface area contributed by atoms with E-state index in [2.05, 4.69) is 5.32 Å². The van der Waals surface area contributed by atoms with Gasteiger partial charge in [-0.1, -0.05) is 0 Å². The number of nitrogens with zero attached hydrogens (tertiary/aromatic N) is 1. The monoisotopic (exact) mass is 196 g/mol. The molecule has 1 aromatic heterocycles. The molecule has 4 nitrogen and oxygen atoms in total. The number of hydrogen-bond donors (Lipinski definition) is 1. The van der Waals surface area contributed by atoms with Gasteiger partial charge in [0.15, 0.2) is 5.88 Å². The minimum Gasteiger partial charge on any atom is -0.444 e. The summed E-state index contributed by atoms with van der Waals surface area (Å²) in [6, 6.07) is 4.19. The molecule has 2 heterocycles. The maximum atomic E-state index is 5.67. The van der Waals surface area contributed by atoms with Crippen LogP contribution < -0.4 is 10.2 Å². The van der Waals surface area contributed by atoms with E-state index >= 15 is 0 Å². The lowest BCUT2D eigenvalue weighted by molar-refractivity contribution is 0.0701. The second-order valence-corrected chi connectivity index (χ2v) is 3.65. The average Bonchev–Trinajstić information content (AvgIpc) is 2.68. The van der Waals surface area contributed by atoms with E-state index in [-0.39, 0.29) is 6.04 Å². The molecule has 0 bridgehead atoms. The molecular formula is C10H16N2O2. The van der Waals surface area contributed by atoms with Gasteiger partial charge in [0, 0.05) is 26.7 Å². The van der Waals surface area contributed by atoms with E-state index in [1.54, 1.807) is 0 Å². The van der Waals surface area contributed by atoms with Crippen LogP contribution in [0.2, 0.25) is 0 Å². The highest BCUT2D eigenvalue weighted by atomic mass is 16.5. The van der Waals surface area contributed by atoms with E-state index in [1.165, 1.54) is 0 Å².